The number of piperazine rings is 1. The second-order valence-corrected chi connectivity index (χ2v) is 5.13. The van der Waals surface area contributed by atoms with Crippen LogP contribution in [-0.2, 0) is 0 Å². The van der Waals surface area contributed by atoms with Crippen LogP contribution in [-0.4, -0.2) is 43.1 Å². The molecule has 0 amide bonds. The van der Waals surface area contributed by atoms with Crippen molar-refractivity contribution >= 4 is 16.6 Å². The largest absolute Gasteiger partial charge is 0.354 e. The number of benzene rings is 1. The van der Waals surface area contributed by atoms with Crippen LogP contribution >= 0.6 is 0 Å². The zero-order valence-corrected chi connectivity index (χ0v) is 11.1. The number of rotatable bonds is 1. The molecule has 0 radical (unpaired) electrons. The van der Waals surface area contributed by atoms with Crippen LogP contribution < -0.4 is 4.90 Å². The second kappa shape index (κ2) is 4.58. The maximum Gasteiger partial charge on any atom is 0.129 e. The Bertz CT molecular complexity index is 557. The van der Waals surface area contributed by atoms with E-state index in [1.54, 1.807) is 0 Å². The van der Waals surface area contributed by atoms with Crippen LogP contribution in [0.3, 0.4) is 0 Å². The number of nitrogens with zero attached hydrogens (tertiary/aromatic N) is 3. The first kappa shape index (κ1) is 11.5. The molecule has 94 valence electrons. The summed E-state index contributed by atoms with van der Waals surface area (Å²) in [5, 5.41) is 2.55. The van der Waals surface area contributed by atoms with Crippen molar-refractivity contribution in [2.75, 3.05) is 38.1 Å². The van der Waals surface area contributed by atoms with E-state index in [-0.39, 0.29) is 0 Å². The Kier molecular flexibility index (Phi) is 2.92. The molecule has 0 N–H and O–H groups in total. The molecule has 0 spiro atoms. The smallest absolute Gasteiger partial charge is 0.129 e. The lowest BCUT2D eigenvalue weighted by Gasteiger charge is -2.33. The molecule has 0 saturated carbocycles. The molecule has 0 unspecified atom stereocenters. The Labute approximate surface area is 108 Å². The molecule has 0 aliphatic carbocycles. The molecule has 1 aliphatic heterocycles. The van der Waals surface area contributed by atoms with Crippen LogP contribution in [0.1, 0.15) is 5.56 Å². The van der Waals surface area contributed by atoms with E-state index in [4.69, 9.17) is 0 Å². The minimum atomic E-state index is 1.07. The summed E-state index contributed by atoms with van der Waals surface area (Å²) in [6.45, 7) is 6.52. The van der Waals surface area contributed by atoms with Crippen LogP contribution in [0.4, 0.5) is 5.82 Å². The Morgan fingerprint density at radius 2 is 1.89 bits per heavy atom. The Hall–Kier alpha value is -1.61. The first-order valence-corrected chi connectivity index (χ1v) is 6.53. The standard InChI is InChI=1S/C15H19N3/c1-12-4-3-5-13-10-15(16-11-14(12)13)18-8-6-17(2)7-9-18/h3-5,10-11H,6-9H2,1-2H3. The SMILES string of the molecule is Cc1cccc2cc(N3CCN(C)CC3)ncc12. The summed E-state index contributed by atoms with van der Waals surface area (Å²) in [4.78, 5) is 9.36. The van der Waals surface area contributed by atoms with Gasteiger partial charge in [0.2, 0.25) is 0 Å². The summed E-state index contributed by atoms with van der Waals surface area (Å²) in [6.07, 6.45) is 2.01. The molecule has 0 atom stereocenters. The van der Waals surface area contributed by atoms with E-state index in [0.29, 0.717) is 0 Å². The highest BCUT2D eigenvalue weighted by Gasteiger charge is 2.15. The van der Waals surface area contributed by atoms with Crippen molar-refractivity contribution < 1.29 is 0 Å². The number of hydrogen-bond acceptors (Lipinski definition) is 3. The summed E-state index contributed by atoms with van der Waals surface area (Å²) >= 11 is 0. The van der Waals surface area contributed by atoms with E-state index in [2.05, 4.69) is 53.0 Å². The van der Waals surface area contributed by atoms with Crippen LogP contribution in [0.15, 0.2) is 30.5 Å². The Balaban J connectivity index is 1.94. The Morgan fingerprint density at radius 1 is 1.11 bits per heavy atom. The van der Waals surface area contributed by atoms with E-state index < -0.39 is 0 Å². The van der Waals surface area contributed by atoms with Gasteiger partial charge in [-0.1, -0.05) is 18.2 Å². The predicted molar refractivity (Wildman–Crippen MR) is 76.2 cm³/mol. The molecule has 2 aromatic rings. The van der Waals surface area contributed by atoms with Crippen molar-refractivity contribution in [2.45, 2.75) is 6.92 Å². The van der Waals surface area contributed by atoms with Crippen molar-refractivity contribution in [3.63, 3.8) is 0 Å². The molecule has 1 aliphatic rings. The van der Waals surface area contributed by atoms with E-state index in [0.717, 1.165) is 32.0 Å². The van der Waals surface area contributed by atoms with Gasteiger partial charge in [0.25, 0.3) is 0 Å². The van der Waals surface area contributed by atoms with Gasteiger partial charge < -0.3 is 9.80 Å². The zero-order chi connectivity index (χ0) is 12.5. The number of anilines is 1. The first-order chi connectivity index (χ1) is 8.74. The highest BCUT2D eigenvalue weighted by Crippen LogP contribution is 2.22. The third-order valence-electron chi connectivity index (χ3n) is 3.80. The maximum atomic E-state index is 4.62. The van der Waals surface area contributed by atoms with Crippen molar-refractivity contribution in [2.24, 2.45) is 0 Å². The fourth-order valence-corrected chi connectivity index (χ4v) is 2.52. The summed E-state index contributed by atoms with van der Waals surface area (Å²) in [7, 11) is 2.18. The van der Waals surface area contributed by atoms with Gasteiger partial charge in [-0.3, -0.25) is 0 Å². The van der Waals surface area contributed by atoms with E-state index >= 15 is 0 Å². The molecular weight excluding hydrogens is 222 g/mol. The van der Waals surface area contributed by atoms with Crippen LogP contribution in [0, 0.1) is 6.92 Å². The average Bonchev–Trinajstić information content (AvgIpc) is 2.39. The zero-order valence-electron chi connectivity index (χ0n) is 11.1. The summed E-state index contributed by atoms with van der Waals surface area (Å²) < 4.78 is 0. The second-order valence-electron chi connectivity index (χ2n) is 5.13. The van der Waals surface area contributed by atoms with E-state index in [1.165, 1.54) is 16.3 Å². The first-order valence-electron chi connectivity index (χ1n) is 6.53. The number of aromatic nitrogens is 1. The number of fused-ring (bicyclic) bond motifs is 1. The molecule has 1 saturated heterocycles. The van der Waals surface area contributed by atoms with Crippen molar-refractivity contribution in [1.82, 2.24) is 9.88 Å². The molecule has 3 heteroatoms. The van der Waals surface area contributed by atoms with Gasteiger partial charge in [0, 0.05) is 37.8 Å². The molecule has 1 aromatic heterocycles. The van der Waals surface area contributed by atoms with Gasteiger partial charge in [-0.15, -0.1) is 0 Å². The molecule has 18 heavy (non-hydrogen) atoms. The highest BCUT2D eigenvalue weighted by molar-refractivity contribution is 5.86. The van der Waals surface area contributed by atoms with E-state index in [9.17, 15) is 0 Å². The lowest BCUT2D eigenvalue weighted by molar-refractivity contribution is 0.312. The Morgan fingerprint density at radius 3 is 2.67 bits per heavy atom. The van der Waals surface area contributed by atoms with Crippen LogP contribution in [0.5, 0.6) is 0 Å². The molecule has 1 fully saturated rings. The van der Waals surface area contributed by atoms with Gasteiger partial charge in [0.1, 0.15) is 5.82 Å². The molecule has 0 bridgehead atoms. The quantitative estimate of drug-likeness (QED) is 0.763. The summed E-state index contributed by atoms with van der Waals surface area (Å²) in [5.74, 6) is 1.11. The molecular formula is C15H19N3. The third kappa shape index (κ3) is 2.06. The predicted octanol–water partition coefficient (Wildman–Crippen LogP) is 2.30. The minimum absolute atomic E-state index is 1.07. The van der Waals surface area contributed by atoms with Gasteiger partial charge in [-0.2, -0.15) is 0 Å². The third-order valence-corrected chi connectivity index (χ3v) is 3.80. The number of aryl methyl sites for hydroxylation is 1. The number of pyridine rings is 1. The van der Waals surface area contributed by atoms with Gasteiger partial charge in [-0.25, -0.2) is 4.98 Å². The fourth-order valence-electron chi connectivity index (χ4n) is 2.52. The van der Waals surface area contributed by atoms with Crippen molar-refractivity contribution in [1.29, 1.82) is 0 Å². The van der Waals surface area contributed by atoms with Crippen LogP contribution in [0.2, 0.25) is 0 Å². The van der Waals surface area contributed by atoms with Crippen LogP contribution in [0.25, 0.3) is 10.8 Å². The number of likely N-dealkylation sites (N-methyl/N-ethyl adjacent to an activating group) is 1. The lowest BCUT2D eigenvalue weighted by Crippen LogP contribution is -2.44. The fraction of sp³-hybridized carbons (Fsp3) is 0.400. The monoisotopic (exact) mass is 241 g/mol. The molecule has 3 rings (SSSR count). The topological polar surface area (TPSA) is 19.4 Å². The molecule has 3 nitrogen and oxygen atoms in total. The number of hydrogen-bond donors (Lipinski definition) is 0. The van der Waals surface area contributed by atoms with Gasteiger partial charge in [-0.05, 0) is 31.0 Å². The van der Waals surface area contributed by atoms with Crippen molar-refractivity contribution in [3.8, 4) is 0 Å². The lowest BCUT2D eigenvalue weighted by atomic mass is 10.1. The van der Waals surface area contributed by atoms with Crippen molar-refractivity contribution in [3.05, 3.63) is 36.0 Å². The summed E-state index contributed by atoms with van der Waals surface area (Å²) in [6, 6.07) is 8.64. The normalized spacial score (nSPS) is 17.3. The average molecular weight is 241 g/mol. The highest BCUT2D eigenvalue weighted by atomic mass is 15.3. The van der Waals surface area contributed by atoms with Gasteiger partial charge in [0.05, 0.1) is 0 Å². The molecule has 1 aromatic carbocycles. The van der Waals surface area contributed by atoms with Gasteiger partial charge >= 0.3 is 0 Å². The van der Waals surface area contributed by atoms with E-state index in [1.807, 2.05) is 6.20 Å². The molecule has 2 heterocycles. The van der Waals surface area contributed by atoms with Gasteiger partial charge in [0.15, 0.2) is 0 Å². The maximum absolute atomic E-state index is 4.62. The summed E-state index contributed by atoms with van der Waals surface area (Å²) in [5.41, 5.74) is 1.30. The minimum Gasteiger partial charge on any atom is -0.354 e.